The van der Waals surface area contributed by atoms with Crippen LogP contribution in [0.2, 0.25) is 0 Å². The Morgan fingerprint density at radius 1 is 1.17 bits per heavy atom. The maximum absolute atomic E-state index is 5.93. The van der Waals surface area contributed by atoms with E-state index in [0.717, 1.165) is 5.33 Å². The van der Waals surface area contributed by atoms with Gasteiger partial charge in [-0.25, -0.2) is 0 Å². The van der Waals surface area contributed by atoms with E-state index < -0.39 is 0 Å². The summed E-state index contributed by atoms with van der Waals surface area (Å²) in [6.45, 7) is 0. The Balaban J connectivity index is 3.02. The molecule has 0 aliphatic heterocycles. The minimum Gasteiger partial charge on any atom is -0.0921 e. The fraction of sp³-hybridized carbons (Fsp3) is 0.429. The molecule has 0 heterocycles. The Kier molecular flexibility index (Phi) is 4.26. The highest BCUT2D eigenvalue weighted by atomic mass is 79.9. The van der Waals surface area contributed by atoms with Crippen molar-refractivity contribution in [2.75, 3.05) is 5.33 Å². The summed E-state index contributed by atoms with van der Waals surface area (Å²) in [7, 11) is 0. The van der Waals surface area contributed by atoms with Crippen molar-refractivity contribution in [3.8, 4) is 0 Å². The predicted molar refractivity (Wildman–Crippen MR) is 59.4 cm³/mol. The summed E-state index contributed by atoms with van der Waals surface area (Å²) in [5.41, 5.74) is 0. The van der Waals surface area contributed by atoms with Gasteiger partial charge in [-0.15, -0.1) is 0 Å². The van der Waals surface area contributed by atoms with E-state index in [9.17, 15) is 0 Å². The molecule has 0 fully saturated rings. The summed E-state index contributed by atoms with van der Waals surface area (Å²) in [5.74, 6) is 0.147. The van der Waals surface area contributed by atoms with Gasteiger partial charge in [-0.05, 0) is 6.42 Å². The first-order valence-electron chi connectivity index (χ1n) is 3.23. The third-order valence-electron chi connectivity index (χ3n) is 1.61. The van der Waals surface area contributed by atoms with Crippen molar-refractivity contribution in [2.24, 2.45) is 5.92 Å². The number of hydrogen-bond acceptors (Lipinski definition) is 0. The van der Waals surface area contributed by atoms with Crippen LogP contribution in [0.4, 0.5) is 0 Å². The molecule has 1 aliphatic carbocycles. The molecule has 12 heavy (non-hydrogen) atoms. The van der Waals surface area contributed by atoms with E-state index in [2.05, 4.69) is 15.9 Å². The minimum absolute atomic E-state index is 0.147. The Hall–Kier alpha value is 1.12. The van der Waals surface area contributed by atoms with Crippen LogP contribution in [-0.2, 0) is 0 Å². The zero-order valence-corrected chi connectivity index (χ0v) is 10.5. The molecule has 0 aromatic heterocycles. The first-order chi connectivity index (χ1) is 5.57. The van der Waals surface area contributed by atoms with Gasteiger partial charge in [-0.2, -0.15) is 0 Å². The maximum Gasteiger partial charge on any atom is 0.0752 e. The van der Waals surface area contributed by atoms with Gasteiger partial charge in [-0.1, -0.05) is 62.3 Å². The average Bonchev–Trinajstić information content (AvgIpc) is 2.08. The fourth-order valence-electron chi connectivity index (χ4n) is 0.921. The van der Waals surface area contributed by atoms with Crippen molar-refractivity contribution >= 4 is 62.3 Å². The van der Waals surface area contributed by atoms with Crippen LogP contribution in [0.25, 0.3) is 0 Å². The van der Waals surface area contributed by atoms with E-state index in [0.29, 0.717) is 26.5 Å². The molecule has 0 spiro atoms. The van der Waals surface area contributed by atoms with Crippen LogP contribution in [0.1, 0.15) is 6.42 Å². The lowest BCUT2D eigenvalue weighted by Crippen LogP contribution is -2.08. The Morgan fingerprint density at radius 2 is 1.75 bits per heavy atom. The van der Waals surface area contributed by atoms with E-state index in [1.807, 2.05) is 0 Å². The molecule has 0 saturated heterocycles. The molecule has 68 valence electrons. The normalized spacial score (nSPS) is 25.2. The third-order valence-corrected chi connectivity index (χ3v) is 4.33. The maximum atomic E-state index is 5.93. The van der Waals surface area contributed by atoms with Crippen LogP contribution in [0, 0.1) is 5.92 Å². The lowest BCUT2D eigenvalue weighted by molar-refractivity contribution is 0.726. The molecule has 0 N–H and O–H groups in total. The van der Waals surface area contributed by atoms with Crippen LogP contribution in [0.3, 0.4) is 0 Å². The lowest BCUT2D eigenvalue weighted by Gasteiger charge is -2.20. The molecular weight excluding hydrogens is 306 g/mol. The molecular formula is C7H5BrCl4. The van der Waals surface area contributed by atoms with Gasteiger partial charge < -0.3 is 0 Å². The lowest BCUT2D eigenvalue weighted by atomic mass is 10.0. The molecule has 1 aliphatic rings. The number of hydrogen-bond donors (Lipinski definition) is 0. The van der Waals surface area contributed by atoms with Crippen LogP contribution in [0.15, 0.2) is 20.1 Å². The summed E-state index contributed by atoms with van der Waals surface area (Å²) in [6, 6.07) is 0. The largest absolute Gasteiger partial charge is 0.0921 e. The monoisotopic (exact) mass is 308 g/mol. The summed E-state index contributed by atoms with van der Waals surface area (Å²) in [4.78, 5) is 0. The fourth-order valence-corrected chi connectivity index (χ4v) is 2.73. The van der Waals surface area contributed by atoms with E-state index in [-0.39, 0.29) is 5.92 Å². The van der Waals surface area contributed by atoms with Crippen LogP contribution >= 0.6 is 62.3 Å². The van der Waals surface area contributed by atoms with Gasteiger partial charge in [0.25, 0.3) is 0 Å². The zero-order valence-electron chi connectivity index (χ0n) is 5.88. The standard InChI is InChI=1S/C7H5BrCl4/c8-2-3-1-4(9)6(11)7(12)5(3)10/h3H,1-2H2. The Morgan fingerprint density at radius 3 is 2.25 bits per heavy atom. The Bertz CT molecular complexity index is 256. The van der Waals surface area contributed by atoms with Crippen LogP contribution < -0.4 is 0 Å². The van der Waals surface area contributed by atoms with Gasteiger partial charge in [0.05, 0.1) is 10.1 Å². The number of rotatable bonds is 1. The second-order valence-corrected chi connectivity index (χ2v) is 4.70. The van der Waals surface area contributed by atoms with Crippen molar-refractivity contribution in [2.45, 2.75) is 6.42 Å². The molecule has 0 saturated carbocycles. The predicted octanol–water partition coefficient (Wildman–Crippen LogP) is 4.78. The summed E-state index contributed by atoms with van der Waals surface area (Å²) in [5, 5.41) is 2.65. The molecule has 0 amide bonds. The second kappa shape index (κ2) is 4.56. The van der Waals surface area contributed by atoms with Crippen LogP contribution in [-0.4, -0.2) is 5.33 Å². The molecule has 0 aromatic rings. The molecule has 0 bridgehead atoms. The summed E-state index contributed by atoms with van der Waals surface area (Å²) >= 11 is 26.7. The highest BCUT2D eigenvalue weighted by Gasteiger charge is 2.24. The molecule has 1 unspecified atom stereocenters. The van der Waals surface area contributed by atoms with Gasteiger partial charge in [0.15, 0.2) is 0 Å². The zero-order chi connectivity index (χ0) is 9.30. The highest BCUT2D eigenvalue weighted by Crippen LogP contribution is 2.42. The van der Waals surface area contributed by atoms with Crippen molar-refractivity contribution in [3.05, 3.63) is 20.1 Å². The van der Waals surface area contributed by atoms with Crippen molar-refractivity contribution in [3.63, 3.8) is 0 Å². The third kappa shape index (κ3) is 2.13. The first-order valence-corrected chi connectivity index (χ1v) is 5.87. The number of halogens is 5. The highest BCUT2D eigenvalue weighted by molar-refractivity contribution is 9.09. The number of allylic oxidation sites excluding steroid dienone is 4. The molecule has 0 nitrogen and oxygen atoms in total. The minimum atomic E-state index is 0.147. The van der Waals surface area contributed by atoms with E-state index in [1.165, 1.54) is 0 Å². The quantitative estimate of drug-likeness (QED) is 0.611. The SMILES string of the molecule is ClC1=C(Cl)C(Cl)=C(Cl)C(CBr)C1. The number of alkyl halides is 1. The molecule has 1 rings (SSSR count). The van der Waals surface area contributed by atoms with Gasteiger partial charge in [0.1, 0.15) is 0 Å². The topological polar surface area (TPSA) is 0 Å². The van der Waals surface area contributed by atoms with E-state index in [4.69, 9.17) is 46.4 Å². The smallest absolute Gasteiger partial charge is 0.0752 e. The average molecular weight is 311 g/mol. The van der Waals surface area contributed by atoms with E-state index >= 15 is 0 Å². The van der Waals surface area contributed by atoms with Gasteiger partial charge in [0, 0.05) is 21.3 Å². The molecule has 0 radical (unpaired) electrons. The van der Waals surface area contributed by atoms with Gasteiger partial charge in [-0.3, -0.25) is 0 Å². The van der Waals surface area contributed by atoms with Gasteiger partial charge in [0.2, 0.25) is 0 Å². The molecule has 0 aromatic carbocycles. The van der Waals surface area contributed by atoms with Crippen LogP contribution in [0.5, 0.6) is 0 Å². The van der Waals surface area contributed by atoms with E-state index in [1.54, 1.807) is 0 Å². The Labute approximate surface area is 99.6 Å². The van der Waals surface area contributed by atoms with Gasteiger partial charge >= 0.3 is 0 Å². The second-order valence-electron chi connectivity index (χ2n) is 2.44. The van der Waals surface area contributed by atoms with Crippen molar-refractivity contribution < 1.29 is 0 Å². The summed E-state index contributed by atoms with van der Waals surface area (Å²) in [6.07, 6.45) is 0.653. The summed E-state index contributed by atoms with van der Waals surface area (Å²) < 4.78 is 0. The first kappa shape index (κ1) is 11.2. The molecule has 1 atom stereocenters. The van der Waals surface area contributed by atoms with Crippen molar-refractivity contribution in [1.82, 2.24) is 0 Å². The molecule has 5 heteroatoms. The van der Waals surface area contributed by atoms with Crippen molar-refractivity contribution in [1.29, 1.82) is 0 Å².